The van der Waals surface area contributed by atoms with Crippen LogP contribution in [0.3, 0.4) is 0 Å². The van der Waals surface area contributed by atoms with Crippen molar-refractivity contribution in [2.75, 3.05) is 17.3 Å². The first-order chi connectivity index (χ1) is 7.60. The summed E-state index contributed by atoms with van der Waals surface area (Å²) in [6.07, 6.45) is 0.494. The van der Waals surface area contributed by atoms with E-state index in [4.69, 9.17) is 34.8 Å². The standard InChI is InChI=1S/C11H10Cl3NO/c12-5-7-1-11(16)15(6-7)10-3-8(13)2-9(14)4-10/h2-4,7H,1,5-6H2. The summed E-state index contributed by atoms with van der Waals surface area (Å²) >= 11 is 17.6. The lowest BCUT2D eigenvalue weighted by Gasteiger charge is -2.17. The number of rotatable bonds is 2. The van der Waals surface area contributed by atoms with Crippen molar-refractivity contribution in [1.82, 2.24) is 0 Å². The van der Waals surface area contributed by atoms with Gasteiger partial charge in [-0.05, 0) is 24.1 Å². The van der Waals surface area contributed by atoms with E-state index in [-0.39, 0.29) is 11.8 Å². The maximum atomic E-state index is 11.7. The van der Waals surface area contributed by atoms with Crippen molar-refractivity contribution >= 4 is 46.4 Å². The number of amides is 1. The number of halogens is 3. The van der Waals surface area contributed by atoms with Crippen LogP contribution in [-0.2, 0) is 4.79 Å². The monoisotopic (exact) mass is 277 g/mol. The summed E-state index contributed by atoms with van der Waals surface area (Å²) < 4.78 is 0. The van der Waals surface area contributed by atoms with Crippen molar-refractivity contribution in [2.24, 2.45) is 5.92 Å². The Labute approximate surface area is 109 Å². The second-order valence-electron chi connectivity index (χ2n) is 3.86. The summed E-state index contributed by atoms with van der Waals surface area (Å²) in [5.41, 5.74) is 0.745. The zero-order valence-electron chi connectivity index (χ0n) is 8.42. The average Bonchev–Trinajstić information content (AvgIpc) is 2.58. The van der Waals surface area contributed by atoms with Gasteiger partial charge in [-0.2, -0.15) is 0 Å². The molecule has 86 valence electrons. The minimum Gasteiger partial charge on any atom is -0.312 e. The molecule has 1 aromatic carbocycles. The van der Waals surface area contributed by atoms with Crippen LogP contribution in [0.1, 0.15) is 6.42 Å². The summed E-state index contributed by atoms with van der Waals surface area (Å²) in [6, 6.07) is 5.12. The number of benzene rings is 1. The van der Waals surface area contributed by atoms with Gasteiger partial charge in [0.2, 0.25) is 5.91 Å². The summed E-state index contributed by atoms with van der Waals surface area (Å²) in [6.45, 7) is 0.638. The Hall–Kier alpha value is -0.440. The van der Waals surface area contributed by atoms with Crippen molar-refractivity contribution in [3.8, 4) is 0 Å². The molecule has 1 heterocycles. The number of anilines is 1. The van der Waals surface area contributed by atoms with E-state index in [1.807, 2.05) is 0 Å². The van der Waals surface area contributed by atoms with Crippen LogP contribution in [0.5, 0.6) is 0 Å². The zero-order chi connectivity index (χ0) is 11.7. The number of carbonyl (C=O) groups excluding carboxylic acids is 1. The quantitative estimate of drug-likeness (QED) is 0.757. The molecule has 1 atom stereocenters. The second kappa shape index (κ2) is 4.82. The topological polar surface area (TPSA) is 20.3 Å². The van der Waals surface area contributed by atoms with Crippen molar-refractivity contribution < 1.29 is 4.79 Å². The molecule has 1 saturated heterocycles. The summed E-state index contributed by atoms with van der Waals surface area (Å²) in [4.78, 5) is 13.4. The van der Waals surface area contributed by atoms with Gasteiger partial charge in [0, 0.05) is 34.6 Å². The molecule has 2 nitrogen and oxygen atoms in total. The Kier molecular flexibility index (Phi) is 3.63. The molecular formula is C11H10Cl3NO. The predicted octanol–water partition coefficient (Wildman–Crippen LogP) is 3.59. The Balaban J connectivity index is 2.27. The molecule has 5 heteroatoms. The van der Waals surface area contributed by atoms with Gasteiger partial charge in [-0.15, -0.1) is 11.6 Å². The average molecular weight is 279 g/mol. The smallest absolute Gasteiger partial charge is 0.227 e. The van der Waals surface area contributed by atoms with Crippen molar-refractivity contribution in [3.05, 3.63) is 28.2 Å². The van der Waals surface area contributed by atoms with Gasteiger partial charge in [0.15, 0.2) is 0 Å². The third kappa shape index (κ3) is 2.45. The van der Waals surface area contributed by atoms with Crippen molar-refractivity contribution in [3.63, 3.8) is 0 Å². The maximum absolute atomic E-state index is 11.7. The third-order valence-corrected chi connectivity index (χ3v) is 3.46. The van der Waals surface area contributed by atoms with Crippen LogP contribution < -0.4 is 4.90 Å². The molecule has 0 N–H and O–H groups in total. The van der Waals surface area contributed by atoms with E-state index in [1.54, 1.807) is 23.1 Å². The van der Waals surface area contributed by atoms with Gasteiger partial charge < -0.3 is 4.90 Å². The molecule has 0 saturated carbocycles. The number of hydrogen-bond acceptors (Lipinski definition) is 1. The maximum Gasteiger partial charge on any atom is 0.227 e. The van der Waals surface area contributed by atoms with Gasteiger partial charge in [0.05, 0.1) is 0 Å². The predicted molar refractivity (Wildman–Crippen MR) is 67.6 cm³/mol. The minimum absolute atomic E-state index is 0.0731. The molecule has 1 aromatic rings. The highest BCUT2D eigenvalue weighted by atomic mass is 35.5. The minimum atomic E-state index is 0.0731. The SMILES string of the molecule is O=C1CC(CCl)CN1c1cc(Cl)cc(Cl)c1. The Morgan fingerprint density at radius 1 is 1.25 bits per heavy atom. The second-order valence-corrected chi connectivity index (χ2v) is 5.04. The van der Waals surface area contributed by atoms with Crippen LogP contribution in [0.2, 0.25) is 10.0 Å². The van der Waals surface area contributed by atoms with Crippen LogP contribution in [0.4, 0.5) is 5.69 Å². The van der Waals surface area contributed by atoms with Crippen LogP contribution in [0, 0.1) is 5.92 Å². The number of hydrogen-bond donors (Lipinski definition) is 0. The molecule has 0 radical (unpaired) electrons. The number of alkyl halides is 1. The first kappa shape index (κ1) is 12.0. The van der Waals surface area contributed by atoms with Gasteiger partial charge in [0.1, 0.15) is 0 Å². The normalized spacial score (nSPS) is 20.6. The van der Waals surface area contributed by atoms with E-state index in [1.165, 1.54) is 0 Å². The van der Waals surface area contributed by atoms with Gasteiger partial charge in [0.25, 0.3) is 0 Å². The molecule has 16 heavy (non-hydrogen) atoms. The Bertz CT molecular complexity index is 401. The lowest BCUT2D eigenvalue weighted by Crippen LogP contribution is -2.24. The largest absolute Gasteiger partial charge is 0.312 e. The highest BCUT2D eigenvalue weighted by Gasteiger charge is 2.30. The van der Waals surface area contributed by atoms with Crippen molar-refractivity contribution in [1.29, 1.82) is 0 Å². The molecule has 1 unspecified atom stereocenters. The molecule has 2 rings (SSSR count). The van der Waals surface area contributed by atoms with Gasteiger partial charge in [-0.3, -0.25) is 4.79 Å². The molecule has 1 aliphatic rings. The van der Waals surface area contributed by atoms with Crippen LogP contribution in [0.25, 0.3) is 0 Å². The van der Waals surface area contributed by atoms with Gasteiger partial charge in [-0.25, -0.2) is 0 Å². The van der Waals surface area contributed by atoms with E-state index in [0.29, 0.717) is 28.9 Å². The third-order valence-electron chi connectivity index (χ3n) is 2.58. The zero-order valence-corrected chi connectivity index (χ0v) is 10.7. The Morgan fingerprint density at radius 2 is 1.88 bits per heavy atom. The molecule has 0 spiro atoms. The van der Waals surface area contributed by atoms with E-state index in [0.717, 1.165) is 5.69 Å². The molecule has 1 amide bonds. The molecule has 0 aliphatic carbocycles. The summed E-state index contributed by atoms with van der Waals surface area (Å²) in [5, 5.41) is 1.06. The fraction of sp³-hybridized carbons (Fsp3) is 0.364. The highest BCUT2D eigenvalue weighted by Crippen LogP contribution is 2.30. The summed E-state index contributed by atoms with van der Waals surface area (Å²) in [7, 11) is 0. The van der Waals surface area contributed by atoms with Crippen LogP contribution in [0.15, 0.2) is 18.2 Å². The van der Waals surface area contributed by atoms with E-state index < -0.39 is 0 Å². The van der Waals surface area contributed by atoms with Crippen molar-refractivity contribution in [2.45, 2.75) is 6.42 Å². The van der Waals surface area contributed by atoms with E-state index in [2.05, 4.69) is 0 Å². The summed E-state index contributed by atoms with van der Waals surface area (Å²) in [5.74, 6) is 0.784. The van der Waals surface area contributed by atoms with Crippen LogP contribution >= 0.6 is 34.8 Å². The van der Waals surface area contributed by atoms with Gasteiger partial charge >= 0.3 is 0 Å². The lowest BCUT2D eigenvalue weighted by atomic mass is 10.1. The first-order valence-corrected chi connectivity index (χ1v) is 6.21. The van der Waals surface area contributed by atoms with E-state index in [9.17, 15) is 4.79 Å². The number of nitrogens with zero attached hydrogens (tertiary/aromatic N) is 1. The number of carbonyl (C=O) groups is 1. The molecule has 1 aliphatic heterocycles. The first-order valence-electron chi connectivity index (χ1n) is 4.92. The lowest BCUT2D eigenvalue weighted by molar-refractivity contribution is -0.117. The molecule has 0 aromatic heterocycles. The van der Waals surface area contributed by atoms with Gasteiger partial charge in [-0.1, -0.05) is 23.2 Å². The fourth-order valence-electron chi connectivity index (χ4n) is 1.83. The molecule has 0 bridgehead atoms. The highest BCUT2D eigenvalue weighted by molar-refractivity contribution is 6.35. The van der Waals surface area contributed by atoms with E-state index >= 15 is 0 Å². The van der Waals surface area contributed by atoms with Crippen LogP contribution in [-0.4, -0.2) is 18.3 Å². The fourth-order valence-corrected chi connectivity index (χ4v) is 2.55. The molecule has 1 fully saturated rings. The Morgan fingerprint density at radius 3 is 2.38 bits per heavy atom. The molecular weight excluding hydrogens is 268 g/mol.